The molecule has 0 atom stereocenters. The Morgan fingerprint density at radius 1 is 0.800 bits per heavy atom. The Morgan fingerprint density at radius 3 is 1.97 bits per heavy atom. The third-order valence-electron chi connectivity index (χ3n) is 4.71. The van der Waals surface area contributed by atoms with Crippen LogP contribution < -0.4 is 5.48 Å². The summed E-state index contributed by atoms with van der Waals surface area (Å²) in [5, 5.41) is 18.7. The minimum absolute atomic E-state index is 0. The van der Waals surface area contributed by atoms with E-state index in [1.807, 2.05) is 42.5 Å². The molecule has 3 N–H and O–H groups in total. The van der Waals surface area contributed by atoms with Gasteiger partial charge in [-0.15, -0.1) is 12.4 Å². The molecule has 0 aliphatic heterocycles. The molecule has 3 aromatic carbocycles. The van der Waals surface area contributed by atoms with E-state index in [0.29, 0.717) is 22.2 Å². The van der Waals surface area contributed by atoms with Gasteiger partial charge in [-0.25, -0.2) is 15.3 Å². The van der Waals surface area contributed by atoms with Crippen LogP contribution >= 0.6 is 12.4 Å². The first-order valence-corrected chi connectivity index (χ1v) is 8.85. The highest BCUT2D eigenvalue weighted by molar-refractivity contribution is 6.06. The molecule has 0 fully saturated rings. The molecule has 0 spiro atoms. The molecule has 0 radical (unpaired) electrons. The lowest BCUT2D eigenvalue weighted by atomic mass is 10.00. The number of fused-ring (bicyclic) bond motifs is 1. The van der Waals surface area contributed by atoms with Crippen molar-refractivity contribution in [3.05, 3.63) is 90.0 Å². The second-order valence-corrected chi connectivity index (χ2v) is 6.47. The zero-order chi connectivity index (χ0) is 20.4. The molecule has 4 rings (SSSR count). The van der Waals surface area contributed by atoms with E-state index >= 15 is 0 Å². The Kier molecular flexibility index (Phi) is 6.11. The zero-order valence-electron chi connectivity index (χ0n) is 15.6. The maximum atomic E-state index is 12.1. The first kappa shape index (κ1) is 21.0. The summed E-state index contributed by atoms with van der Waals surface area (Å²) in [6.45, 7) is 0. The highest BCUT2D eigenvalue weighted by atomic mass is 35.5. The Bertz CT molecular complexity index is 1220. The van der Waals surface area contributed by atoms with E-state index < -0.39 is 11.9 Å². The number of rotatable bonds is 4. The fourth-order valence-corrected chi connectivity index (χ4v) is 3.21. The van der Waals surface area contributed by atoms with Crippen LogP contribution in [-0.4, -0.2) is 27.2 Å². The number of amides is 1. The van der Waals surface area contributed by atoms with E-state index in [0.717, 1.165) is 16.7 Å². The Morgan fingerprint density at radius 2 is 1.37 bits per heavy atom. The Labute approximate surface area is 178 Å². The fourth-order valence-electron chi connectivity index (χ4n) is 3.21. The number of nitrogens with zero attached hydrogens (tertiary/aromatic N) is 1. The molecule has 1 heterocycles. The minimum atomic E-state index is -0.961. The summed E-state index contributed by atoms with van der Waals surface area (Å²) in [7, 11) is 0. The van der Waals surface area contributed by atoms with Crippen molar-refractivity contribution in [1.29, 1.82) is 0 Å². The summed E-state index contributed by atoms with van der Waals surface area (Å²) in [4.78, 5) is 27.7. The number of para-hydroxylation sites is 1. The highest BCUT2D eigenvalue weighted by Gasteiger charge is 2.13. The molecule has 0 unspecified atom stereocenters. The zero-order valence-corrected chi connectivity index (χ0v) is 16.4. The number of benzene rings is 3. The van der Waals surface area contributed by atoms with Gasteiger partial charge in [0.1, 0.15) is 0 Å². The van der Waals surface area contributed by atoms with Crippen LogP contribution in [-0.2, 0) is 0 Å². The van der Waals surface area contributed by atoms with Crippen LogP contribution in [0.5, 0.6) is 0 Å². The lowest BCUT2D eigenvalue weighted by Gasteiger charge is -2.09. The standard InChI is InChI=1S/C23H16N2O4.ClH/c26-22(25-29)19-13-21(24-20-4-2-1-3-18(19)20)16-9-5-14(6-10-16)15-7-11-17(12-8-15)23(27)28;/h1-13,29H,(H,25,26)(H,27,28);1H. The summed E-state index contributed by atoms with van der Waals surface area (Å²) < 4.78 is 0. The van der Waals surface area contributed by atoms with Crippen molar-refractivity contribution in [2.75, 3.05) is 0 Å². The van der Waals surface area contributed by atoms with Crippen LogP contribution in [0.25, 0.3) is 33.3 Å². The van der Waals surface area contributed by atoms with Gasteiger partial charge in [0.15, 0.2) is 0 Å². The van der Waals surface area contributed by atoms with Crippen LogP contribution in [0.2, 0.25) is 0 Å². The molecule has 6 nitrogen and oxygen atoms in total. The number of pyridine rings is 1. The summed E-state index contributed by atoms with van der Waals surface area (Å²) in [5.41, 5.74) is 6.15. The lowest BCUT2D eigenvalue weighted by Crippen LogP contribution is -2.19. The number of nitrogens with one attached hydrogen (secondary N) is 1. The molecule has 0 bridgehead atoms. The van der Waals surface area contributed by atoms with Gasteiger partial charge in [0.05, 0.1) is 22.3 Å². The summed E-state index contributed by atoms with van der Waals surface area (Å²) in [6, 6.07) is 23.1. The van der Waals surface area contributed by atoms with Crippen LogP contribution in [0, 0.1) is 0 Å². The summed E-state index contributed by atoms with van der Waals surface area (Å²) in [5.74, 6) is -1.56. The number of aromatic carboxylic acids is 1. The van der Waals surface area contributed by atoms with E-state index in [-0.39, 0.29) is 18.0 Å². The van der Waals surface area contributed by atoms with E-state index in [2.05, 4.69) is 4.98 Å². The molecule has 0 aliphatic carbocycles. The molecular weight excluding hydrogens is 404 g/mol. The monoisotopic (exact) mass is 420 g/mol. The number of hydrogen-bond donors (Lipinski definition) is 3. The Hall–Kier alpha value is -3.74. The average molecular weight is 421 g/mol. The number of hydroxylamine groups is 1. The Balaban J connectivity index is 0.00000256. The van der Waals surface area contributed by atoms with Crippen molar-refractivity contribution in [1.82, 2.24) is 10.5 Å². The van der Waals surface area contributed by atoms with Crippen LogP contribution in [0.15, 0.2) is 78.9 Å². The van der Waals surface area contributed by atoms with Gasteiger partial charge in [-0.1, -0.05) is 54.6 Å². The van der Waals surface area contributed by atoms with E-state index in [4.69, 9.17) is 10.3 Å². The van der Waals surface area contributed by atoms with Gasteiger partial charge in [0, 0.05) is 10.9 Å². The molecular formula is C23H17ClN2O4. The normalized spacial score (nSPS) is 10.3. The number of halogens is 1. The number of carbonyl (C=O) groups is 2. The van der Waals surface area contributed by atoms with E-state index in [1.165, 1.54) is 0 Å². The third kappa shape index (κ3) is 4.00. The van der Waals surface area contributed by atoms with Gasteiger partial charge < -0.3 is 5.11 Å². The second-order valence-electron chi connectivity index (χ2n) is 6.47. The second kappa shape index (κ2) is 8.73. The van der Waals surface area contributed by atoms with Crippen molar-refractivity contribution >= 4 is 35.2 Å². The first-order chi connectivity index (χ1) is 14.1. The van der Waals surface area contributed by atoms with Crippen molar-refractivity contribution < 1.29 is 19.9 Å². The van der Waals surface area contributed by atoms with Gasteiger partial charge in [0.25, 0.3) is 5.91 Å². The molecule has 1 aromatic heterocycles. The van der Waals surface area contributed by atoms with Crippen LogP contribution in [0.4, 0.5) is 0 Å². The third-order valence-corrected chi connectivity index (χ3v) is 4.71. The van der Waals surface area contributed by atoms with Crippen molar-refractivity contribution in [2.24, 2.45) is 0 Å². The van der Waals surface area contributed by atoms with Crippen molar-refractivity contribution in [2.45, 2.75) is 0 Å². The first-order valence-electron chi connectivity index (χ1n) is 8.85. The van der Waals surface area contributed by atoms with Crippen LogP contribution in [0.1, 0.15) is 20.7 Å². The molecule has 7 heteroatoms. The summed E-state index contributed by atoms with van der Waals surface area (Å²) >= 11 is 0. The lowest BCUT2D eigenvalue weighted by molar-refractivity contribution is 0.0693. The predicted octanol–water partition coefficient (Wildman–Crippen LogP) is 4.81. The van der Waals surface area contributed by atoms with Crippen molar-refractivity contribution in [3.8, 4) is 22.4 Å². The molecule has 150 valence electrons. The molecule has 0 saturated carbocycles. The minimum Gasteiger partial charge on any atom is -0.478 e. The number of carbonyl (C=O) groups excluding carboxylic acids is 1. The summed E-state index contributed by atoms with van der Waals surface area (Å²) in [6.07, 6.45) is 0. The van der Waals surface area contributed by atoms with Gasteiger partial charge in [-0.3, -0.25) is 10.0 Å². The topological polar surface area (TPSA) is 99.5 Å². The predicted molar refractivity (Wildman–Crippen MR) is 116 cm³/mol. The smallest absolute Gasteiger partial charge is 0.335 e. The van der Waals surface area contributed by atoms with Gasteiger partial charge in [-0.2, -0.15) is 0 Å². The average Bonchev–Trinajstić information content (AvgIpc) is 2.78. The SMILES string of the molecule is Cl.O=C(O)c1ccc(-c2ccc(-c3cc(C(=O)NO)c4ccccc4n3)cc2)cc1. The van der Waals surface area contributed by atoms with Gasteiger partial charge >= 0.3 is 5.97 Å². The fraction of sp³-hybridized carbons (Fsp3) is 0. The van der Waals surface area contributed by atoms with E-state index in [1.54, 1.807) is 41.9 Å². The van der Waals surface area contributed by atoms with Crippen molar-refractivity contribution in [3.63, 3.8) is 0 Å². The molecule has 30 heavy (non-hydrogen) atoms. The highest BCUT2D eigenvalue weighted by Crippen LogP contribution is 2.27. The quantitative estimate of drug-likeness (QED) is 0.325. The molecule has 1 amide bonds. The number of carboxylic acids is 1. The maximum absolute atomic E-state index is 12.1. The largest absolute Gasteiger partial charge is 0.478 e. The van der Waals surface area contributed by atoms with Gasteiger partial charge in [-0.05, 0) is 35.4 Å². The molecule has 4 aromatic rings. The van der Waals surface area contributed by atoms with Crippen LogP contribution in [0.3, 0.4) is 0 Å². The number of aromatic nitrogens is 1. The number of hydrogen-bond acceptors (Lipinski definition) is 4. The molecule has 0 aliphatic rings. The maximum Gasteiger partial charge on any atom is 0.335 e. The molecule has 0 saturated heterocycles. The van der Waals surface area contributed by atoms with Gasteiger partial charge in [0.2, 0.25) is 0 Å². The van der Waals surface area contributed by atoms with E-state index in [9.17, 15) is 9.59 Å². The number of carboxylic acid groups (broad SMARTS) is 1.